The van der Waals surface area contributed by atoms with E-state index in [2.05, 4.69) is 4.98 Å². The van der Waals surface area contributed by atoms with Gasteiger partial charge in [0.05, 0.1) is 17.4 Å². The minimum absolute atomic E-state index is 0.304. The second kappa shape index (κ2) is 4.44. The molecule has 1 unspecified atom stereocenters. The third-order valence-electron chi connectivity index (χ3n) is 2.84. The van der Waals surface area contributed by atoms with E-state index in [-0.39, 0.29) is 0 Å². The number of pyridine rings is 1. The van der Waals surface area contributed by atoms with E-state index in [1.165, 1.54) is 6.20 Å². The van der Waals surface area contributed by atoms with E-state index in [0.717, 1.165) is 0 Å². The second-order valence-electron chi connectivity index (χ2n) is 3.83. The predicted octanol–water partition coefficient (Wildman–Crippen LogP) is 2.04. The van der Waals surface area contributed by atoms with Crippen LogP contribution in [-0.2, 0) is 0 Å². The molecule has 1 aliphatic heterocycles. The number of aromatic nitrogens is 1. The minimum atomic E-state index is -2.28. The normalized spacial score (nSPS) is 20.1. The Labute approximate surface area is 92.3 Å². The van der Waals surface area contributed by atoms with Gasteiger partial charge >= 0.3 is 0 Å². The van der Waals surface area contributed by atoms with Crippen LogP contribution >= 0.6 is 0 Å². The first kappa shape index (κ1) is 10.8. The van der Waals surface area contributed by atoms with Gasteiger partial charge in [-0.2, -0.15) is 5.26 Å². The monoisotopic (exact) mass is 223 g/mol. The Morgan fingerprint density at radius 3 is 3.00 bits per heavy atom. The number of alkyl halides is 2. The number of hydrogen-bond acceptors (Lipinski definition) is 3. The number of nitriles is 1. The molecule has 5 heteroatoms. The first-order valence-corrected chi connectivity index (χ1v) is 5.09. The molecule has 3 nitrogen and oxygen atoms in total. The van der Waals surface area contributed by atoms with Crippen molar-refractivity contribution in [2.75, 3.05) is 18.0 Å². The van der Waals surface area contributed by atoms with E-state index in [9.17, 15) is 8.78 Å². The van der Waals surface area contributed by atoms with Gasteiger partial charge in [0, 0.05) is 25.2 Å². The summed E-state index contributed by atoms with van der Waals surface area (Å²) in [5, 5.41) is 8.90. The first-order chi connectivity index (χ1) is 7.72. The molecule has 1 saturated heterocycles. The molecule has 1 fully saturated rings. The number of nitrogens with zero attached hydrogens (tertiary/aromatic N) is 3. The van der Waals surface area contributed by atoms with Crippen LogP contribution in [0, 0.1) is 17.2 Å². The Morgan fingerprint density at radius 1 is 1.56 bits per heavy atom. The number of anilines is 1. The Hall–Kier alpha value is -1.70. The molecule has 2 rings (SSSR count). The smallest absolute Gasteiger partial charge is 0.243 e. The SMILES string of the molecule is N#Cc1ccncc1N1CCC(C(F)F)C1. The number of halogens is 2. The fourth-order valence-electron chi connectivity index (χ4n) is 1.94. The van der Waals surface area contributed by atoms with Crippen molar-refractivity contribution in [3.8, 4) is 6.07 Å². The highest BCUT2D eigenvalue weighted by molar-refractivity contribution is 5.58. The lowest BCUT2D eigenvalue weighted by Gasteiger charge is -2.19. The van der Waals surface area contributed by atoms with Gasteiger partial charge in [0.15, 0.2) is 0 Å². The van der Waals surface area contributed by atoms with Gasteiger partial charge in [0.25, 0.3) is 0 Å². The molecule has 0 saturated carbocycles. The molecule has 84 valence electrons. The molecule has 0 spiro atoms. The van der Waals surface area contributed by atoms with Crippen LogP contribution in [0.2, 0.25) is 0 Å². The van der Waals surface area contributed by atoms with Gasteiger partial charge in [0.1, 0.15) is 6.07 Å². The molecule has 2 heterocycles. The van der Waals surface area contributed by atoms with E-state index in [4.69, 9.17) is 5.26 Å². The molecule has 0 N–H and O–H groups in total. The lowest BCUT2D eigenvalue weighted by atomic mass is 10.1. The van der Waals surface area contributed by atoms with Crippen LogP contribution in [0.4, 0.5) is 14.5 Å². The van der Waals surface area contributed by atoms with Gasteiger partial charge in [-0.25, -0.2) is 8.78 Å². The fourth-order valence-corrected chi connectivity index (χ4v) is 1.94. The van der Waals surface area contributed by atoms with Crippen LogP contribution in [0.5, 0.6) is 0 Å². The van der Waals surface area contributed by atoms with Crippen molar-refractivity contribution in [2.24, 2.45) is 5.92 Å². The second-order valence-corrected chi connectivity index (χ2v) is 3.83. The van der Waals surface area contributed by atoms with Crippen molar-refractivity contribution in [2.45, 2.75) is 12.8 Å². The highest BCUT2D eigenvalue weighted by atomic mass is 19.3. The van der Waals surface area contributed by atoms with E-state index >= 15 is 0 Å². The van der Waals surface area contributed by atoms with Crippen molar-refractivity contribution in [1.82, 2.24) is 4.98 Å². The average molecular weight is 223 g/mol. The summed E-state index contributed by atoms with van der Waals surface area (Å²) < 4.78 is 25.0. The van der Waals surface area contributed by atoms with E-state index in [0.29, 0.717) is 30.8 Å². The summed E-state index contributed by atoms with van der Waals surface area (Å²) in [7, 11) is 0. The number of hydrogen-bond donors (Lipinski definition) is 0. The van der Waals surface area contributed by atoms with E-state index in [1.807, 2.05) is 11.0 Å². The summed E-state index contributed by atoms with van der Waals surface area (Å²) in [6.45, 7) is 0.868. The third kappa shape index (κ3) is 1.96. The van der Waals surface area contributed by atoms with Crippen LogP contribution in [0.15, 0.2) is 18.5 Å². The van der Waals surface area contributed by atoms with Gasteiger partial charge in [-0.05, 0) is 12.5 Å². The minimum Gasteiger partial charge on any atom is -0.369 e. The van der Waals surface area contributed by atoms with Gasteiger partial charge < -0.3 is 4.90 Å². The Kier molecular flexibility index (Phi) is 3.00. The van der Waals surface area contributed by atoms with Crippen LogP contribution in [0.1, 0.15) is 12.0 Å². The van der Waals surface area contributed by atoms with Crippen molar-refractivity contribution in [3.05, 3.63) is 24.0 Å². The molecule has 1 aromatic heterocycles. The van der Waals surface area contributed by atoms with Crippen LogP contribution in [-0.4, -0.2) is 24.5 Å². The molecule has 0 bridgehead atoms. The van der Waals surface area contributed by atoms with Crippen molar-refractivity contribution < 1.29 is 8.78 Å². The van der Waals surface area contributed by atoms with E-state index in [1.54, 1.807) is 12.3 Å². The quantitative estimate of drug-likeness (QED) is 0.770. The highest BCUT2D eigenvalue weighted by Gasteiger charge is 2.30. The molecule has 1 atom stereocenters. The Balaban J connectivity index is 2.18. The van der Waals surface area contributed by atoms with Crippen LogP contribution < -0.4 is 4.90 Å². The van der Waals surface area contributed by atoms with Gasteiger partial charge in [-0.1, -0.05) is 0 Å². The lowest BCUT2D eigenvalue weighted by molar-refractivity contribution is 0.0880. The largest absolute Gasteiger partial charge is 0.369 e. The molecule has 0 amide bonds. The van der Waals surface area contributed by atoms with E-state index < -0.39 is 12.3 Å². The predicted molar refractivity (Wildman–Crippen MR) is 55.3 cm³/mol. The third-order valence-corrected chi connectivity index (χ3v) is 2.84. The maximum atomic E-state index is 12.5. The van der Waals surface area contributed by atoms with Crippen molar-refractivity contribution in [3.63, 3.8) is 0 Å². The molecule has 1 aliphatic rings. The lowest BCUT2D eigenvalue weighted by Crippen LogP contribution is -2.22. The summed E-state index contributed by atoms with van der Waals surface area (Å²) in [5.41, 5.74) is 1.15. The zero-order chi connectivity index (χ0) is 11.5. The summed E-state index contributed by atoms with van der Waals surface area (Å²) in [4.78, 5) is 5.74. The van der Waals surface area contributed by atoms with Gasteiger partial charge in [-0.15, -0.1) is 0 Å². The summed E-state index contributed by atoms with van der Waals surface area (Å²) in [6.07, 6.45) is 1.28. The first-order valence-electron chi connectivity index (χ1n) is 5.09. The van der Waals surface area contributed by atoms with Gasteiger partial charge in [0.2, 0.25) is 6.43 Å². The molecule has 16 heavy (non-hydrogen) atoms. The van der Waals surface area contributed by atoms with Crippen molar-refractivity contribution >= 4 is 5.69 Å². The zero-order valence-electron chi connectivity index (χ0n) is 8.61. The molecular weight excluding hydrogens is 212 g/mol. The Bertz CT molecular complexity index is 414. The highest BCUT2D eigenvalue weighted by Crippen LogP contribution is 2.28. The summed E-state index contributed by atoms with van der Waals surface area (Å²) in [5.74, 6) is -0.591. The summed E-state index contributed by atoms with van der Waals surface area (Å²) >= 11 is 0. The number of rotatable bonds is 2. The zero-order valence-corrected chi connectivity index (χ0v) is 8.61. The fraction of sp³-hybridized carbons (Fsp3) is 0.455. The van der Waals surface area contributed by atoms with Crippen molar-refractivity contribution in [1.29, 1.82) is 5.26 Å². The topological polar surface area (TPSA) is 39.9 Å². The van der Waals surface area contributed by atoms with Crippen LogP contribution in [0.25, 0.3) is 0 Å². The maximum absolute atomic E-state index is 12.5. The Morgan fingerprint density at radius 2 is 2.38 bits per heavy atom. The molecule has 0 aromatic carbocycles. The molecule has 0 radical (unpaired) electrons. The molecule has 1 aromatic rings. The summed E-state index contributed by atoms with van der Waals surface area (Å²) in [6, 6.07) is 3.65. The maximum Gasteiger partial charge on any atom is 0.243 e. The average Bonchev–Trinajstić information content (AvgIpc) is 2.78. The standard InChI is InChI=1S/C11H11F2N3/c12-11(13)9-2-4-16(7-9)10-6-15-3-1-8(10)5-14/h1,3,6,9,11H,2,4,7H2. The molecular formula is C11H11F2N3. The molecule has 0 aliphatic carbocycles. The van der Waals surface area contributed by atoms with Crippen LogP contribution in [0.3, 0.4) is 0 Å². The van der Waals surface area contributed by atoms with Gasteiger partial charge in [-0.3, -0.25) is 4.98 Å².